The van der Waals surface area contributed by atoms with Crippen molar-refractivity contribution in [2.24, 2.45) is 7.05 Å². The third-order valence-corrected chi connectivity index (χ3v) is 2.11. The van der Waals surface area contributed by atoms with Gasteiger partial charge in [-0.05, 0) is 18.6 Å². The summed E-state index contributed by atoms with van der Waals surface area (Å²) in [6.45, 7) is 3.10. The van der Waals surface area contributed by atoms with E-state index < -0.39 is 0 Å². The summed E-state index contributed by atoms with van der Waals surface area (Å²) in [5, 5.41) is 4.13. The molecule has 0 fully saturated rings. The van der Waals surface area contributed by atoms with Crippen molar-refractivity contribution < 1.29 is 0 Å². The van der Waals surface area contributed by atoms with Gasteiger partial charge in [-0.25, -0.2) is 4.68 Å². The lowest BCUT2D eigenvalue weighted by Gasteiger charge is -1.96. The Bertz CT molecular complexity index is 273. The number of nitrogens with zero attached hydrogens (tertiary/aromatic N) is 3. The van der Waals surface area contributed by atoms with Crippen LogP contribution in [0.1, 0.15) is 19.8 Å². The van der Waals surface area contributed by atoms with E-state index in [0.29, 0.717) is 0 Å². The Balaban J connectivity index is 2.71. The second kappa shape index (κ2) is 3.67. The largest absolute Gasteiger partial charge is 0.310 e. The lowest BCUT2D eigenvalue weighted by atomic mass is 10.3. The van der Waals surface area contributed by atoms with Gasteiger partial charge in [-0.15, -0.1) is 0 Å². The van der Waals surface area contributed by atoms with Crippen LogP contribution in [0.3, 0.4) is 0 Å². The molecule has 3 nitrogen and oxygen atoms in total. The Kier molecular flexibility index (Phi) is 2.82. The van der Waals surface area contributed by atoms with Crippen molar-refractivity contribution in [2.45, 2.75) is 26.3 Å². The molecule has 62 valence electrons. The molecule has 0 bridgehead atoms. The van der Waals surface area contributed by atoms with E-state index in [4.69, 9.17) is 12.2 Å². The van der Waals surface area contributed by atoms with E-state index in [1.165, 1.54) is 6.42 Å². The minimum absolute atomic E-state index is 0.804. The molecule has 1 heterocycles. The van der Waals surface area contributed by atoms with E-state index in [1.54, 1.807) is 6.33 Å². The zero-order valence-electron chi connectivity index (χ0n) is 6.95. The highest BCUT2D eigenvalue weighted by Crippen LogP contribution is 1.95. The first kappa shape index (κ1) is 8.46. The van der Waals surface area contributed by atoms with Crippen LogP contribution < -0.4 is 0 Å². The van der Waals surface area contributed by atoms with Crippen LogP contribution in [0, 0.1) is 4.77 Å². The average Bonchev–Trinajstić information content (AvgIpc) is 2.31. The monoisotopic (exact) mass is 171 g/mol. The lowest BCUT2D eigenvalue weighted by Crippen LogP contribution is -2.00. The van der Waals surface area contributed by atoms with E-state index in [-0.39, 0.29) is 0 Å². The molecule has 0 saturated heterocycles. The van der Waals surface area contributed by atoms with Crippen LogP contribution in [0.4, 0.5) is 0 Å². The van der Waals surface area contributed by atoms with E-state index in [1.807, 2.05) is 16.3 Å². The fraction of sp³-hybridized carbons (Fsp3) is 0.714. The first-order chi connectivity index (χ1) is 5.25. The van der Waals surface area contributed by atoms with Crippen molar-refractivity contribution in [3.8, 4) is 0 Å². The average molecular weight is 171 g/mol. The van der Waals surface area contributed by atoms with Gasteiger partial charge < -0.3 is 4.57 Å². The molecular formula is C7H13N3S. The number of hydrogen-bond donors (Lipinski definition) is 0. The molecule has 0 radical (unpaired) electrons. The summed E-state index contributed by atoms with van der Waals surface area (Å²) >= 11 is 5.10. The van der Waals surface area contributed by atoms with E-state index in [2.05, 4.69) is 12.0 Å². The highest BCUT2D eigenvalue weighted by atomic mass is 32.1. The Hall–Kier alpha value is -0.640. The SMILES string of the molecule is CCCCn1ncn(C)c1=S. The Morgan fingerprint density at radius 1 is 1.64 bits per heavy atom. The van der Waals surface area contributed by atoms with E-state index >= 15 is 0 Å². The van der Waals surface area contributed by atoms with E-state index in [0.717, 1.165) is 17.7 Å². The molecule has 1 aromatic heterocycles. The highest BCUT2D eigenvalue weighted by molar-refractivity contribution is 7.71. The van der Waals surface area contributed by atoms with Crippen molar-refractivity contribution in [3.63, 3.8) is 0 Å². The number of hydrogen-bond acceptors (Lipinski definition) is 2. The van der Waals surface area contributed by atoms with Gasteiger partial charge in [0.1, 0.15) is 6.33 Å². The summed E-state index contributed by atoms with van der Waals surface area (Å²) in [5.41, 5.74) is 0. The van der Waals surface area contributed by atoms with Gasteiger partial charge in [-0.2, -0.15) is 5.10 Å². The third-order valence-electron chi connectivity index (χ3n) is 1.61. The summed E-state index contributed by atoms with van der Waals surface area (Å²) in [5.74, 6) is 0. The number of rotatable bonds is 3. The van der Waals surface area contributed by atoms with E-state index in [9.17, 15) is 0 Å². The summed E-state index contributed by atoms with van der Waals surface area (Å²) in [6, 6.07) is 0. The third kappa shape index (κ3) is 1.89. The number of aryl methyl sites for hydroxylation is 2. The predicted octanol–water partition coefficient (Wildman–Crippen LogP) is 1.75. The Labute approximate surface area is 71.7 Å². The maximum Gasteiger partial charge on any atom is 0.197 e. The van der Waals surface area contributed by atoms with Crippen molar-refractivity contribution >= 4 is 12.2 Å². The van der Waals surface area contributed by atoms with Crippen LogP contribution >= 0.6 is 12.2 Å². The molecule has 0 aliphatic heterocycles. The van der Waals surface area contributed by atoms with Crippen molar-refractivity contribution in [1.29, 1.82) is 0 Å². The van der Waals surface area contributed by atoms with Crippen LogP contribution in [0.25, 0.3) is 0 Å². The molecule has 4 heteroatoms. The van der Waals surface area contributed by atoms with Gasteiger partial charge >= 0.3 is 0 Å². The highest BCUT2D eigenvalue weighted by Gasteiger charge is 1.95. The fourth-order valence-corrected chi connectivity index (χ4v) is 1.07. The van der Waals surface area contributed by atoms with Gasteiger partial charge in [0, 0.05) is 13.6 Å². The molecular weight excluding hydrogens is 158 g/mol. The molecule has 0 unspecified atom stereocenters. The zero-order chi connectivity index (χ0) is 8.27. The standard InChI is InChI=1S/C7H13N3S/c1-3-4-5-10-7(11)9(2)6-8-10/h6H,3-5H2,1-2H3. The first-order valence-corrected chi connectivity index (χ1v) is 4.25. The van der Waals surface area contributed by atoms with Gasteiger partial charge in [-0.3, -0.25) is 0 Å². The minimum atomic E-state index is 0.804. The molecule has 0 N–H and O–H groups in total. The van der Waals surface area contributed by atoms with Crippen LogP contribution in [0.5, 0.6) is 0 Å². The number of aromatic nitrogens is 3. The quantitative estimate of drug-likeness (QED) is 0.647. The van der Waals surface area contributed by atoms with Crippen molar-refractivity contribution in [3.05, 3.63) is 11.1 Å². The molecule has 0 aromatic carbocycles. The number of unbranched alkanes of at least 4 members (excludes halogenated alkanes) is 1. The van der Waals surface area contributed by atoms with Gasteiger partial charge in [0.2, 0.25) is 0 Å². The summed E-state index contributed by atoms with van der Waals surface area (Å²) in [4.78, 5) is 0. The molecule has 0 spiro atoms. The molecule has 0 saturated carbocycles. The normalized spacial score (nSPS) is 10.4. The smallest absolute Gasteiger partial charge is 0.197 e. The Morgan fingerprint density at radius 2 is 2.36 bits per heavy atom. The van der Waals surface area contributed by atoms with Crippen LogP contribution in [0.15, 0.2) is 6.33 Å². The molecule has 1 rings (SSSR count). The predicted molar refractivity (Wildman–Crippen MR) is 46.9 cm³/mol. The lowest BCUT2D eigenvalue weighted by molar-refractivity contribution is 0.560. The molecule has 0 aliphatic carbocycles. The molecule has 0 aliphatic rings. The summed E-state index contributed by atoms with van der Waals surface area (Å²) in [6.07, 6.45) is 4.07. The maximum absolute atomic E-state index is 5.10. The van der Waals surface area contributed by atoms with Crippen LogP contribution in [-0.4, -0.2) is 14.3 Å². The van der Waals surface area contributed by atoms with Gasteiger partial charge in [0.05, 0.1) is 0 Å². The summed E-state index contributed by atoms with van der Waals surface area (Å²) in [7, 11) is 1.91. The second-order valence-corrected chi connectivity index (χ2v) is 2.97. The fourth-order valence-electron chi connectivity index (χ4n) is 0.882. The molecule has 0 amide bonds. The molecule has 11 heavy (non-hydrogen) atoms. The van der Waals surface area contributed by atoms with Crippen molar-refractivity contribution in [2.75, 3.05) is 0 Å². The minimum Gasteiger partial charge on any atom is -0.310 e. The van der Waals surface area contributed by atoms with Gasteiger partial charge in [0.15, 0.2) is 4.77 Å². The van der Waals surface area contributed by atoms with Crippen LogP contribution in [0.2, 0.25) is 0 Å². The second-order valence-electron chi connectivity index (χ2n) is 2.60. The maximum atomic E-state index is 5.10. The molecule has 1 aromatic rings. The summed E-state index contributed by atoms with van der Waals surface area (Å²) < 4.78 is 4.52. The van der Waals surface area contributed by atoms with Gasteiger partial charge in [0.25, 0.3) is 0 Å². The Morgan fingerprint density at radius 3 is 2.82 bits per heavy atom. The zero-order valence-corrected chi connectivity index (χ0v) is 7.77. The topological polar surface area (TPSA) is 22.8 Å². The van der Waals surface area contributed by atoms with Crippen LogP contribution in [-0.2, 0) is 13.6 Å². The van der Waals surface area contributed by atoms with Crippen molar-refractivity contribution in [1.82, 2.24) is 14.3 Å². The molecule has 0 atom stereocenters. The first-order valence-electron chi connectivity index (χ1n) is 3.84. The van der Waals surface area contributed by atoms with Gasteiger partial charge in [-0.1, -0.05) is 13.3 Å².